The van der Waals surface area contributed by atoms with Crippen LogP contribution in [-0.4, -0.2) is 33.6 Å². The van der Waals surface area contributed by atoms with Crippen molar-refractivity contribution in [3.8, 4) is 0 Å². The Balaban J connectivity index is 1.62. The molecule has 1 unspecified atom stereocenters. The lowest BCUT2D eigenvalue weighted by atomic mass is 10.1. The van der Waals surface area contributed by atoms with Gasteiger partial charge in [0.2, 0.25) is 5.89 Å². The van der Waals surface area contributed by atoms with Crippen molar-refractivity contribution in [1.82, 2.24) is 20.0 Å². The number of pyridine rings is 1. The van der Waals surface area contributed by atoms with Crippen LogP contribution < -0.4 is 0 Å². The van der Waals surface area contributed by atoms with E-state index in [0.29, 0.717) is 6.04 Å². The summed E-state index contributed by atoms with van der Waals surface area (Å²) in [6.45, 7) is 1.11. The quantitative estimate of drug-likeness (QED) is 0.839. The van der Waals surface area contributed by atoms with Gasteiger partial charge in [-0.15, -0.1) is 0 Å². The van der Waals surface area contributed by atoms with Crippen molar-refractivity contribution in [3.63, 3.8) is 0 Å². The van der Waals surface area contributed by atoms with E-state index in [1.54, 1.807) is 6.20 Å². The summed E-state index contributed by atoms with van der Waals surface area (Å²) in [5.74, 6) is 1.56. The van der Waals surface area contributed by atoms with E-state index in [1.807, 2.05) is 12.3 Å². The molecule has 100 valence electrons. The lowest BCUT2D eigenvalue weighted by molar-refractivity contribution is 0.244. The summed E-state index contributed by atoms with van der Waals surface area (Å²) in [7, 11) is 2.11. The fourth-order valence-corrected chi connectivity index (χ4v) is 2.53. The summed E-state index contributed by atoms with van der Waals surface area (Å²) in [5.41, 5.74) is 1.20. The molecular formula is C14H18N4O. The van der Waals surface area contributed by atoms with E-state index in [-0.39, 0.29) is 0 Å². The molecule has 19 heavy (non-hydrogen) atoms. The molecule has 0 N–H and O–H groups in total. The third-order valence-corrected chi connectivity index (χ3v) is 3.65. The second-order valence-corrected chi connectivity index (χ2v) is 5.05. The van der Waals surface area contributed by atoms with Gasteiger partial charge in [0.05, 0.1) is 6.04 Å². The topological polar surface area (TPSA) is 55.1 Å². The summed E-state index contributed by atoms with van der Waals surface area (Å²) in [6.07, 6.45) is 7.67. The fraction of sp³-hybridized carbons (Fsp3) is 0.500. The molecule has 1 atom stereocenters. The summed E-state index contributed by atoms with van der Waals surface area (Å²) in [5, 5.41) is 4.08. The average Bonchev–Trinajstić information content (AvgIpc) is 3.06. The number of likely N-dealkylation sites (tertiary alicyclic amines) is 1. The third kappa shape index (κ3) is 2.81. The molecule has 0 saturated carbocycles. The van der Waals surface area contributed by atoms with Crippen molar-refractivity contribution in [2.45, 2.75) is 31.7 Å². The van der Waals surface area contributed by atoms with Gasteiger partial charge in [0.25, 0.3) is 0 Å². The number of aryl methyl sites for hydroxylation is 2. The summed E-state index contributed by atoms with van der Waals surface area (Å²) in [4.78, 5) is 10.9. The monoisotopic (exact) mass is 258 g/mol. The standard InChI is InChI=1S/C14H18N4O/c1-18-9-3-5-12(18)14-16-13(17-19-14)7-6-11-4-2-8-15-10-11/h2,4,8,10,12H,3,5-7,9H2,1H3. The molecular weight excluding hydrogens is 240 g/mol. The first kappa shape index (κ1) is 12.3. The Kier molecular flexibility index (Phi) is 3.55. The van der Waals surface area contributed by atoms with Gasteiger partial charge in [-0.25, -0.2) is 0 Å². The predicted molar refractivity (Wildman–Crippen MR) is 70.5 cm³/mol. The van der Waals surface area contributed by atoms with Gasteiger partial charge in [0, 0.05) is 18.8 Å². The number of rotatable bonds is 4. The van der Waals surface area contributed by atoms with Crippen LogP contribution in [0.1, 0.15) is 36.2 Å². The molecule has 1 saturated heterocycles. The van der Waals surface area contributed by atoms with Crippen molar-refractivity contribution in [2.24, 2.45) is 0 Å². The summed E-state index contributed by atoms with van der Waals surface area (Å²) < 4.78 is 5.39. The lowest BCUT2D eigenvalue weighted by Crippen LogP contribution is -2.17. The maximum Gasteiger partial charge on any atom is 0.243 e. The van der Waals surface area contributed by atoms with Crippen molar-refractivity contribution in [2.75, 3.05) is 13.6 Å². The minimum Gasteiger partial charge on any atom is -0.338 e. The summed E-state index contributed by atoms with van der Waals surface area (Å²) in [6, 6.07) is 4.32. The van der Waals surface area contributed by atoms with E-state index in [4.69, 9.17) is 4.52 Å². The van der Waals surface area contributed by atoms with Gasteiger partial charge in [-0.3, -0.25) is 9.88 Å². The van der Waals surface area contributed by atoms with E-state index in [1.165, 1.54) is 12.0 Å². The highest BCUT2D eigenvalue weighted by Gasteiger charge is 2.27. The molecule has 0 amide bonds. The van der Waals surface area contributed by atoms with E-state index in [0.717, 1.165) is 37.5 Å². The molecule has 5 heteroatoms. The van der Waals surface area contributed by atoms with E-state index in [2.05, 4.69) is 33.1 Å². The van der Waals surface area contributed by atoms with E-state index in [9.17, 15) is 0 Å². The van der Waals surface area contributed by atoms with Gasteiger partial charge in [-0.05, 0) is 44.5 Å². The highest BCUT2D eigenvalue weighted by molar-refractivity contribution is 5.09. The molecule has 3 rings (SSSR count). The molecule has 1 aliphatic heterocycles. The zero-order valence-electron chi connectivity index (χ0n) is 11.1. The van der Waals surface area contributed by atoms with Gasteiger partial charge in [0.1, 0.15) is 0 Å². The fourth-order valence-electron chi connectivity index (χ4n) is 2.53. The molecule has 1 aliphatic rings. The van der Waals surface area contributed by atoms with Gasteiger partial charge < -0.3 is 4.52 Å². The summed E-state index contributed by atoms with van der Waals surface area (Å²) >= 11 is 0. The molecule has 2 aromatic rings. The van der Waals surface area contributed by atoms with E-state index >= 15 is 0 Å². The van der Waals surface area contributed by atoms with Crippen LogP contribution in [0.3, 0.4) is 0 Å². The van der Waals surface area contributed by atoms with Crippen LogP contribution in [0, 0.1) is 0 Å². The second-order valence-electron chi connectivity index (χ2n) is 5.05. The molecule has 0 bridgehead atoms. The minimum atomic E-state index is 0.305. The molecule has 3 heterocycles. The number of aromatic nitrogens is 3. The Morgan fingerprint density at radius 3 is 3.11 bits per heavy atom. The largest absolute Gasteiger partial charge is 0.338 e. The zero-order valence-corrected chi connectivity index (χ0v) is 11.1. The predicted octanol–water partition coefficient (Wildman–Crippen LogP) is 2.02. The molecule has 0 radical (unpaired) electrons. The highest BCUT2D eigenvalue weighted by atomic mass is 16.5. The molecule has 2 aromatic heterocycles. The lowest BCUT2D eigenvalue weighted by Gasteiger charge is -2.14. The van der Waals surface area contributed by atoms with Crippen LogP contribution in [0.25, 0.3) is 0 Å². The first-order valence-electron chi connectivity index (χ1n) is 6.74. The first-order chi connectivity index (χ1) is 9.33. The smallest absolute Gasteiger partial charge is 0.243 e. The molecule has 1 fully saturated rings. The molecule has 0 aliphatic carbocycles. The highest BCUT2D eigenvalue weighted by Crippen LogP contribution is 2.28. The SMILES string of the molecule is CN1CCCC1c1nc(CCc2cccnc2)no1. The molecule has 5 nitrogen and oxygen atoms in total. The Bertz CT molecular complexity index is 525. The normalized spacial score (nSPS) is 19.9. The van der Waals surface area contributed by atoms with Crippen LogP contribution in [-0.2, 0) is 12.8 Å². The van der Waals surface area contributed by atoms with Crippen molar-refractivity contribution in [1.29, 1.82) is 0 Å². The molecule has 0 aromatic carbocycles. The van der Waals surface area contributed by atoms with Gasteiger partial charge in [0.15, 0.2) is 5.82 Å². The van der Waals surface area contributed by atoms with Crippen LogP contribution in [0.2, 0.25) is 0 Å². The van der Waals surface area contributed by atoms with E-state index < -0.39 is 0 Å². The van der Waals surface area contributed by atoms with Gasteiger partial charge in [-0.2, -0.15) is 4.98 Å². The van der Waals surface area contributed by atoms with Gasteiger partial charge in [-0.1, -0.05) is 11.2 Å². The van der Waals surface area contributed by atoms with Gasteiger partial charge >= 0.3 is 0 Å². The minimum absolute atomic E-state index is 0.305. The Labute approximate surface area is 112 Å². The van der Waals surface area contributed by atoms with Crippen molar-refractivity contribution < 1.29 is 4.52 Å². The third-order valence-electron chi connectivity index (χ3n) is 3.65. The first-order valence-corrected chi connectivity index (χ1v) is 6.74. The zero-order chi connectivity index (χ0) is 13.1. The maximum atomic E-state index is 5.39. The Hall–Kier alpha value is -1.75. The maximum absolute atomic E-state index is 5.39. The van der Waals surface area contributed by atoms with Crippen LogP contribution in [0.15, 0.2) is 29.0 Å². The van der Waals surface area contributed by atoms with Crippen LogP contribution >= 0.6 is 0 Å². The average molecular weight is 258 g/mol. The van der Waals surface area contributed by atoms with Crippen molar-refractivity contribution >= 4 is 0 Å². The Morgan fingerprint density at radius 1 is 1.42 bits per heavy atom. The Morgan fingerprint density at radius 2 is 2.37 bits per heavy atom. The second kappa shape index (κ2) is 5.48. The number of hydrogen-bond acceptors (Lipinski definition) is 5. The van der Waals surface area contributed by atoms with Crippen LogP contribution in [0.5, 0.6) is 0 Å². The number of hydrogen-bond donors (Lipinski definition) is 0. The van der Waals surface area contributed by atoms with Crippen LogP contribution in [0.4, 0.5) is 0 Å². The van der Waals surface area contributed by atoms with Crippen molar-refractivity contribution in [3.05, 3.63) is 41.8 Å². The molecule has 0 spiro atoms. The number of nitrogens with zero attached hydrogens (tertiary/aromatic N) is 4.